The van der Waals surface area contributed by atoms with E-state index in [4.69, 9.17) is 11.6 Å². The van der Waals surface area contributed by atoms with Gasteiger partial charge >= 0.3 is 0 Å². The van der Waals surface area contributed by atoms with E-state index in [1.807, 2.05) is 4.68 Å². The number of rotatable bonds is 2. The van der Waals surface area contributed by atoms with E-state index >= 15 is 0 Å². The van der Waals surface area contributed by atoms with Gasteiger partial charge in [0.05, 0.1) is 11.6 Å². The number of nitrogens with zero attached hydrogens (tertiary/aromatic N) is 4. The summed E-state index contributed by atoms with van der Waals surface area (Å²) in [6.45, 7) is 4.17. The highest BCUT2D eigenvalue weighted by molar-refractivity contribution is 6.33. The quantitative estimate of drug-likeness (QED) is 0.753. The fourth-order valence-electron chi connectivity index (χ4n) is 1.81. The van der Waals surface area contributed by atoms with Crippen molar-refractivity contribution in [1.29, 1.82) is 0 Å². The molecule has 1 fully saturated rings. The van der Waals surface area contributed by atoms with Crippen molar-refractivity contribution in [2.45, 2.75) is 38.6 Å². The second-order valence-corrected chi connectivity index (χ2v) is 4.93. The number of aromatic nitrogens is 4. The summed E-state index contributed by atoms with van der Waals surface area (Å²) in [7, 11) is 0. The van der Waals surface area contributed by atoms with Crippen molar-refractivity contribution in [1.82, 2.24) is 19.7 Å². The van der Waals surface area contributed by atoms with Crippen LogP contribution < -0.4 is 0 Å². The Morgan fingerprint density at radius 3 is 2.75 bits per heavy atom. The fraction of sp³-hybridized carbons (Fsp3) is 0.545. The summed E-state index contributed by atoms with van der Waals surface area (Å²) >= 11 is 6.15. The second kappa shape index (κ2) is 3.42. The van der Waals surface area contributed by atoms with Crippen molar-refractivity contribution < 1.29 is 0 Å². The Balaban J connectivity index is 2.24. The molecule has 2 heterocycles. The van der Waals surface area contributed by atoms with Gasteiger partial charge in [0.1, 0.15) is 11.0 Å². The van der Waals surface area contributed by atoms with Crippen LogP contribution in [-0.4, -0.2) is 19.7 Å². The molecule has 16 heavy (non-hydrogen) atoms. The van der Waals surface area contributed by atoms with Crippen LogP contribution in [0.4, 0.5) is 0 Å². The summed E-state index contributed by atoms with van der Waals surface area (Å²) in [6, 6.07) is 0.288. The number of hydrogen-bond donors (Lipinski definition) is 0. The molecule has 2 aromatic rings. The topological polar surface area (TPSA) is 43.6 Å². The van der Waals surface area contributed by atoms with Crippen LogP contribution in [0.5, 0.6) is 0 Å². The van der Waals surface area contributed by atoms with E-state index in [0.29, 0.717) is 11.1 Å². The SMILES string of the molecule is CC(C)n1ncc2c(Cl)nc(C3CC3)nc21. The van der Waals surface area contributed by atoms with Gasteiger partial charge < -0.3 is 0 Å². The first kappa shape index (κ1) is 10.0. The van der Waals surface area contributed by atoms with Gasteiger partial charge in [-0.1, -0.05) is 11.6 Å². The maximum Gasteiger partial charge on any atom is 0.163 e. The molecule has 0 aromatic carbocycles. The van der Waals surface area contributed by atoms with Gasteiger partial charge in [0.15, 0.2) is 5.65 Å². The van der Waals surface area contributed by atoms with E-state index in [1.54, 1.807) is 6.20 Å². The van der Waals surface area contributed by atoms with Gasteiger partial charge in [0.2, 0.25) is 0 Å². The van der Waals surface area contributed by atoms with Crippen LogP contribution in [0.3, 0.4) is 0 Å². The van der Waals surface area contributed by atoms with E-state index < -0.39 is 0 Å². The molecule has 0 aliphatic heterocycles. The van der Waals surface area contributed by atoms with E-state index in [1.165, 1.54) is 12.8 Å². The Morgan fingerprint density at radius 2 is 2.12 bits per heavy atom. The molecule has 84 valence electrons. The third-order valence-electron chi connectivity index (χ3n) is 2.86. The van der Waals surface area contributed by atoms with Crippen LogP contribution in [0.1, 0.15) is 44.5 Å². The molecule has 1 aliphatic rings. The van der Waals surface area contributed by atoms with Crippen LogP contribution >= 0.6 is 11.6 Å². The fourth-order valence-corrected chi connectivity index (χ4v) is 2.03. The van der Waals surface area contributed by atoms with E-state index in [9.17, 15) is 0 Å². The summed E-state index contributed by atoms with van der Waals surface area (Å²) in [5, 5.41) is 5.68. The summed E-state index contributed by atoms with van der Waals surface area (Å²) < 4.78 is 1.90. The lowest BCUT2D eigenvalue weighted by molar-refractivity contribution is 0.545. The molecule has 0 saturated heterocycles. The first-order valence-corrected chi connectivity index (χ1v) is 5.95. The lowest BCUT2D eigenvalue weighted by Crippen LogP contribution is -2.05. The lowest BCUT2D eigenvalue weighted by atomic mass is 10.3. The molecule has 0 atom stereocenters. The highest BCUT2D eigenvalue weighted by Crippen LogP contribution is 2.39. The molecular formula is C11H13ClN4. The molecule has 1 aliphatic carbocycles. The lowest BCUT2D eigenvalue weighted by Gasteiger charge is -2.07. The van der Waals surface area contributed by atoms with E-state index in [-0.39, 0.29) is 6.04 Å². The van der Waals surface area contributed by atoms with Crippen molar-refractivity contribution in [3.63, 3.8) is 0 Å². The van der Waals surface area contributed by atoms with Crippen molar-refractivity contribution in [2.24, 2.45) is 0 Å². The standard InChI is InChI=1S/C11H13ClN4/c1-6(2)16-11-8(5-13-16)9(12)14-10(15-11)7-3-4-7/h5-7H,3-4H2,1-2H3. The minimum Gasteiger partial charge on any atom is -0.245 e. The molecule has 0 amide bonds. The van der Waals surface area contributed by atoms with Gasteiger partial charge in [0, 0.05) is 12.0 Å². The van der Waals surface area contributed by atoms with Crippen LogP contribution in [0.15, 0.2) is 6.20 Å². The maximum absolute atomic E-state index is 6.15. The minimum absolute atomic E-state index is 0.288. The summed E-state index contributed by atoms with van der Waals surface area (Å²) in [6.07, 6.45) is 4.10. The van der Waals surface area contributed by atoms with Crippen LogP contribution in [0.25, 0.3) is 11.0 Å². The van der Waals surface area contributed by atoms with Crippen LogP contribution in [-0.2, 0) is 0 Å². The van der Waals surface area contributed by atoms with Crippen molar-refractivity contribution >= 4 is 22.6 Å². The van der Waals surface area contributed by atoms with E-state index in [2.05, 4.69) is 28.9 Å². The molecule has 3 rings (SSSR count). The van der Waals surface area contributed by atoms with Crippen molar-refractivity contribution in [2.75, 3.05) is 0 Å². The molecule has 0 N–H and O–H groups in total. The van der Waals surface area contributed by atoms with Crippen LogP contribution in [0, 0.1) is 0 Å². The minimum atomic E-state index is 0.288. The second-order valence-electron chi connectivity index (χ2n) is 4.57. The van der Waals surface area contributed by atoms with Gasteiger partial charge in [0.25, 0.3) is 0 Å². The maximum atomic E-state index is 6.15. The monoisotopic (exact) mass is 236 g/mol. The zero-order valence-corrected chi connectivity index (χ0v) is 10.1. The smallest absolute Gasteiger partial charge is 0.163 e. The molecule has 1 saturated carbocycles. The summed E-state index contributed by atoms with van der Waals surface area (Å²) in [5.74, 6) is 1.39. The normalized spacial score (nSPS) is 16.2. The van der Waals surface area contributed by atoms with Gasteiger partial charge in [-0.15, -0.1) is 0 Å². The van der Waals surface area contributed by atoms with Gasteiger partial charge in [-0.3, -0.25) is 0 Å². The Kier molecular flexibility index (Phi) is 2.14. The molecule has 5 heteroatoms. The Hall–Kier alpha value is -1.16. The predicted molar refractivity (Wildman–Crippen MR) is 62.7 cm³/mol. The van der Waals surface area contributed by atoms with Crippen LogP contribution in [0.2, 0.25) is 5.15 Å². The molecule has 0 unspecified atom stereocenters. The van der Waals surface area contributed by atoms with Gasteiger partial charge in [-0.2, -0.15) is 5.10 Å². The summed E-state index contributed by atoms with van der Waals surface area (Å²) in [4.78, 5) is 8.92. The average molecular weight is 237 g/mol. The van der Waals surface area contributed by atoms with Gasteiger partial charge in [-0.25, -0.2) is 14.6 Å². The third kappa shape index (κ3) is 1.48. The first-order valence-electron chi connectivity index (χ1n) is 5.57. The highest BCUT2D eigenvalue weighted by atomic mass is 35.5. The predicted octanol–water partition coefficient (Wildman–Crippen LogP) is 2.94. The van der Waals surface area contributed by atoms with Crippen molar-refractivity contribution in [3.8, 4) is 0 Å². The van der Waals surface area contributed by atoms with E-state index in [0.717, 1.165) is 16.9 Å². The molecular weight excluding hydrogens is 224 g/mol. The average Bonchev–Trinajstić information content (AvgIpc) is 2.98. The zero-order valence-electron chi connectivity index (χ0n) is 9.31. The number of fused-ring (bicyclic) bond motifs is 1. The Bertz CT molecular complexity index is 542. The van der Waals surface area contributed by atoms with Crippen molar-refractivity contribution in [3.05, 3.63) is 17.2 Å². The van der Waals surface area contributed by atoms with Gasteiger partial charge in [-0.05, 0) is 26.7 Å². The molecule has 0 radical (unpaired) electrons. The number of halogens is 1. The third-order valence-corrected chi connectivity index (χ3v) is 3.14. The molecule has 4 nitrogen and oxygen atoms in total. The molecule has 0 bridgehead atoms. The molecule has 2 aromatic heterocycles. The Labute approximate surface area is 98.6 Å². The number of hydrogen-bond acceptors (Lipinski definition) is 3. The Morgan fingerprint density at radius 1 is 1.38 bits per heavy atom. The largest absolute Gasteiger partial charge is 0.245 e. The highest BCUT2D eigenvalue weighted by Gasteiger charge is 2.28. The first-order chi connectivity index (χ1) is 7.66. The molecule has 0 spiro atoms. The summed E-state index contributed by atoms with van der Waals surface area (Å²) in [5.41, 5.74) is 0.858. The zero-order chi connectivity index (χ0) is 11.3.